The van der Waals surface area contributed by atoms with E-state index in [1.165, 1.54) is 112 Å². The first kappa shape index (κ1) is 54.8. The Morgan fingerprint density at radius 1 is 0.392 bits per heavy atom. The van der Waals surface area contributed by atoms with Gasteiger partial charge in [-0.1, -0.05) is 102 Å². The van der Waals surface area contributed by atoms with Gasteiger partial charge in [-0.25, -0.2) is 0 Å². The van der Waals surface area contributed by atoms with Gasteiger partial charge in [-0.05, 0) is 163 Å². The van der Waals surface area contributed by atoms with E-state index in [4.69, 9.17) is 9.47 Å². The fourth-order valence-electron chi connectivity index (χ4n) is 20.6. The predicted molar refractivity (Wildman–Crippen MR) is 309 cm³/mol. The van der Waals surface area contributed by atoms with Crippen molar-refractivity contribution < 1.29 is 29.9 Å². The number of aromatic hydroxyl groups is 4. The van der Waals surface area contributed by atoms with Gasteiger partial charge in [0.25, 0.3) is 0 Å². The van der Waals surface area contributed by atoms with Gasteiger partial charge in [-0.3, -0.25) is 0 Å². The average molecular weight is 1070 g/mol. The zero-order valence-electron chi connectivity index (χ0n) is 48.0. The smallest absolute Gasteiger partial charge is 0.127 e. The summed E-state index contributed by atoms with van der Waals surface area (Å²) in [7, 11) is 3.55. The highest BCUT2D eigenvalue weighted by Crippen LogP contribution is 2.72. The molecule has 0 radical (unpaired) electrons. The molecule has 9 heteroatoms. The Balaban J connectivity index is 0.000000127. The van der Waals surface area contributed by atoms with Gasteiger partial charge >= 0.3 is 0 Å². The Kier molecular flexibility index (Phi) is 14.0. The molecular formula is C65H94O6S3. The summed E-state index contributed by atoms with van der Waals surface area (Å²) < 4.78 is 11.4. The van der Waals surface area contributed by atoms with Crippen LogP contribution < -0.4 is 9.47 Å². The van der Waals surface area contributed by atoms with Crippen molar-refractivity contribution in [2.24, 2.45) is 68.0 Å². The second-order valence-corrected chi connectivity index (χ2v) is 32.2. The number of rotatable bonds is 2. The molecule has 3 aromatic carbocycles. The topological polar surface area (TPSA) is 99.4 Å². The summed E-state index contributed by atoms with van der Waals surface area (Å²) in [5.74, 6) is 10.6. The van der Waals surface area contributed by atoms with E-state index in [0.29, 0.717) is 61.7 Å². The highest BCUT2D eigenvalue weighted by molar-refractivity contribution is 7.99. The number of hydrogen-bond donors (Lipinski definition) is 4. The van der Waals surface area contributed by atoms with Crippen LogP contribution in [0.2, 0.25) is 0 Å². The maximum absolute atomic E-state index is 10.7. The fraction of sp³-hybridized carbons (Fsp3) is 0.723. The molecule has 12 atom stereocenters. The lowest BCUT2D eigenvalue weighted by molar-refractivity contribution is -0.0978. The molecule has 3 heterocycles. The molecule has 4 N–H and O–H groups in total. The van der Waals surface area contributed by atoms with Crippen LogP contribution >= 0.6 is 35.3 Å². The predicted octanol–water partition coefficient (Wildman–Crippen LogP) is 17.7. The van der Waals surface area contributed by atoms with Gasteiger partial charge in [0.15, 0.2) is 0 Å². The van der Waals surface area contributed by atoms with Crippen LogP contribution in [-0.4, -0.2) is 51.9 Å². The second-order valence-electron chi connectivity index (χ2n) is 29.0. The molecule has 6 saturated carbocycles. The second kappa shape index (κ2) is 18.8. The van der Waals surface area contributed by atoms with E-state index in [-0.39, 0.29) is 27.7 Å². The van der Waals surface area contributed by atoms with Crippen molar-refractivity contribution in [3.8, 4) is 34.5 Å². The number of benzene rings is 3. The lowest BCUT2D eigenvalue weighted by Gasteiger charge is -2.64. The molecule has 12 rings (SSSR count). The van der Waals surface area contributed by atoms with Gasteiger partial charge < -0.3 is 29.9 Å². The van der Waals surface area contributed by atoms with Gasteiger partial charge in [-0.15, -0.1) is 35.3 Å². The maximum atomic E-state index is 10.7. The number of phenols is 4. The van der Waals surface area contributed by atoms with Crippen molar-refractivity contribution >= 4 is 35.3 Å². The zero-order chi connectivity index (χ0) is 53.4. The third-order valence-electron chi connectivity index (χ3n) is 23.9. The first-order valence-corrected chi connectivity index (χ1v) is 31.9. The molecule has 0 bridgehead atoms. The van der Waals surface area contributed by atoms with Crippen molar-refractivity contribution in [1.29, 1.82) is 0 Å². The third kappa shape index (κ3) is 8.45. The number of thioether (sulfide) groups is 3. The van der Waals surface area contributed by atoms with E-state index >= 15 is 0 Å². The first-order valence-electron chi connectivity index (χ1n) is 28.9. The van der Waals surface area contributed by atoms with Crippen LogP contribution in [0.4, 0.5) is 0 Å². The Morgan fingerprint density at radius 2 is 0.730 bits per heavy atom. The minimum absolute atomic E-state index is 0.0248. The van der Waals surface area contributed by atoms with Crippen LogP contribution in [0, 0.1) is 68.0 Å². The molecule has 0 unspecified atom stereocenters. The Hall–Kier alpha value is -2.49. The minimum atomic E-state index is 0.0248. The number of fused-ring (bicyclic) bond motifs is 15. The molecule has 6 fully saturated rings. The number of ether oxygens (including phenoxy) is 2. The van der Waals surface area contributed by atoms with E-state index in [9.17, 15) is 20.4 Å². The summed E-state index contributed by atoms with van der Waals surface area (Å²) in [6, 6.07) is 11.1. The third-order valence-corrected chi connectivity index (χ3v) is 27.3. The van der Waals surface area contributed by atoms with Crippen LogP contribution in [0.15, 0.2) is 51.1 Å². The van der Waals surface area contributed by atoms with Crippen molar-refractivity contribution in [1.82, 2.24) is 0 Å². The SMILES string of the molecule is CC1(C)CCC[C@]2(C)[C@H]3CSc4cc(O)cc(O)c4[C@]3(C)CC[C@@H]12.CC1(C)CCC[C@]2(C)[C@H]3CSc4cc(O)cc(O)c4[C@]3(C)CC[C@@H]12.COc1cc(OC)c2c(c1)SC[C@@H]1[C@@]3(C)CCCC(C)(C)[C@@H]3CC[C@@]21C. The quantitative estimate of drug-likeness (QED) is 0.200. The van der Waals surface area contributed by atoms with E-state index in [0.717, 1.165) is 74.5 Å². The molecule has 0 amide bonds. The molecule has 0 saturated heterocycles. The highest BCUT2D eigenvalue weighted by Gasteiger charge is 2.63. The van der Waals surface area contributed by atoms with Crippen LogP contribution in [0.5, 0.6) is 34.5 Å². The van der Waals surface area contributed by atoms with Crippen LogP contribution in [0.3, 0.4) is 0 Å². The van der Waals surface area contributed by atoms with Gasteiger partial charge in [0.1, 0.15) is 34.5 Å². The van der Waals surface area contributed by atoms with Gasteiger partial charge in [0, 0.05) is 83.1 Å². The van der Waals surface area contributed by atoms with E-state index < -0.39 is 0 Å². The molecule has 6 aliphatic carbocycles. The summed E-state index contributed by atoms with van der Waals surface area (Å²) in [5, 5.41) is 41.1. The molecule has 9 aliphatic rings. The normalized spacial score (nSPS) is 39.5. The van der Waals surface area contributed by atoms with E-state index in [1.54, 1.807) is 7.11 Å². The van der Waals surface area contributed by atoms with E-state index in [1.807, 2.05) is 54.5 Å². The van der Waals surface area contributed by atoms with Gasteiger partial charge in [0.05, 0.1) is 14.2 Å². The lowest BCUT2D eigenvalue weighted by atomic mass is 9.43. The summed E-state index contributed by atoms with van der Waals surface area (Å²) in [6.45, 7) is 29.9. The molecule has 74 heavy (non-hydrogen) atoms. The number of hydrogen-bond acceptors (Lipinski definition) is 9. The van der Waals surface area contributed by atoms with Crippen molar-refractivity contribution in [2.45, 2.75) is 210 Å². The molecule has 0 aromatic heterocycles. The summed E-state index contributed by atoms with van der Waals surface area (Å²) in [6.07, 6.45) is 19.5. The Bertz CT molecular complexity index is 2510. The van der Waals surface area contributed by atoms with E-state index in [2.05, 4.69) is 95.2 Å². The van der Waals surface area contributed by atoms with Crippen LogP contribution in [0.1, 0.15) is 196 Å². The standard InChI is InChI=1S/C23H34O2S.2C21H30O2S/c1-21(2)9-7-10-22(3)18(21)8-11-23(4)19(22)14-26-17-13-15(24-5)12-16(25-6)20(17)23;2*1-19(2)7-5-8-20(3)16(19)6-9-21(4)17(20)12-24-15-11-13(22)10-14(23)18(15)21/h12-13,18-19H,7-11,14H2,1-6H3;2*10-11,16-17,22-23H,5-9,12H2,1-4H3/t18-,19+,22-,23+;2*16-,17+,20-,21+/m000/s1. The molecule has 408 valence electrons. The monoisotopic (exact) mass is 1070 g/mol. The number of methoxy groups -OCH3 is 2. The largest absolute Gasteiger partial charge is 0.508 e. The van der Waals surface area contributed by atoms with Gasteiger partial charge in [0.2, 0.25) is 0 Å². The van der Waals surface area contributed by atoms with Crippen LogP contribution in [-0.2, 0) is 16.2 Å². The van der Waals surface area contributed by atoms with Crippen molar-refractivity contribution in [3.05, 3.63) is 53.1 Å². The molecule has 0 spiro atoms. The Labute approximate surface area is 459 Å². The van der Waals surface area contributed by atoms with Crippen molar-refractivity contribution in [3.63, 3.8) is 0 Å². The zero-order valence-corrected chi connectivity index (χ0v) is 50.4. The molecule has 3 aliphatic heterocycles. The number of phenolic OH excluding ortho intramolecular Hbond substituents is 4. The minimum Gasteiger partial charge on any atom is -0.508 e. The highest BCUT2D eigenvalue weighted by atomic mass is 32.2. The summed E-state index contributed by atoms with van der Waals surface area (Å²) in [4.78, 5) is 3.55. The Morgan fingerprint density at radius 3 is 1.07 bits per heavy atom. The fourth-order valence-corrected chi connectivity index (χ4v) is 25.9. The molecule has 3 aromatic rings. The van der Waals surface area contributed by atoms with Crippen LogP contribution in [0.25, 0.3) is 0 Å². The summed E-state index contributed by atoms with van der Waals surface area (Å²) in [5.41, 5.74) is 6.37. The van der Waals surface area contributed by atoms with Crippen molar-refractivity contribution in [2.75, 3.05) is 31.5 Å². The lowest BCUT2D eigenvalue weighted by Crippen LogP contribution is -2.58. The maximum Gasteiger partial charge on any atom is 0.127 e. The molecule has 6 nitrogen and oxygen atoms in total. The summed E-state index contributed by atoms with van der Waals surface area (Å²) >= 11 is 5.70. The van der Waals surface area contributed by atoms with Gasteiger partial charge in [-0.2, -0.15) is 0 Å². The average Bonchev–Trinajstić information content (AvgIpc) is 3.29. The first-order chi connectivity index (χ1) is 34.6. The molecular weight excluding hydrogens is 973 g/mol.